The molecule has 13 nitrogen and oxygen atoms in total. The molecule has 2 aromatic carbocycles. The van der Waals surface area contributed by atoms with Crippen LogP contribution in [0.4, 0.5) is 26.9 Å². The summed E-state index contributed by atoms with van der Waals surface area (Å²) < 4.78 is 7.41. The number of amides is 4. The number of aliphatic hydroxyl groups excluding tert-OH is 1. The molecule has 0 unspecified atom stereocenters. The number of benzene rings is 2. The lowest BCUT2D eigenvalue weighted by Crippen LogP contribution is -2.34. The number of halogens is 2. The number of likely N-dealkylation sites (N-methyl/N-ethyl adjacent to an activating group) is 1. The van der Waals surface area contributed by atoms with E-state index < -0.39 is 12.1 Å². The van der Waals surface area contributed by atoms with Crippen LogP contribution in [0.15, 0.2) is 54.9 Å². The minimum Gasteiger partial charge on any atom is -0.437 e. The van der Waals surface area contributed by atoms with Crippen molar-refractivity contribution in [3.63, 3.8) is 0 Å². The molecule has 238 valence electrons. The Kier molecular flexibility index (Phi) is 10.8. The number of ether oxygens (including phenoxy) is 1. The summed E-state index contributed by atoms with van der Waals surface area (Å²) >= 11 is 13.0. The number of rotatable bonds is 10. The Bertz CT molecular complexity index is 1650. The topological polar surface area (TPSA) is 159 Å². The molecule has 0 saturated heterocycles. The van der Waals surface area contributed by atoms with Crippen molar-refractivity contribution in [3.05, 3.63) is 76.2 Å². The molecule has 4 rings (SSSR count). The third-order valence-corrected chi connectivity index (χ3v) is 7.19. The van der Waals surface area contributed by atoms with Gasteiger partial charge in [0.2, 0.25) is 5.88 Å². The number of aromatic nitrogens is 4. The van der Waals surface area contributed by atoms with Crippen LogP contribution < -0.4 is 26.0 Å². The predicted molar refractivity (Wildman–Crippen MR) is 175 cm³/mol. The quantitative estimate of drug-likeness (QED) is 0.142. The van der Waals surface area contributed by atoms with Crippen molar-refractivity contribution in [1.29, 1.82) is 0 Å². The Morgan fingerprint density at radius 2 is 1.69 bits per heavy atom. The first-order valence-electron chi connectivity index (χ1n) is 13.9. The summed E-state index contributed by atoms with van der Waals surface area (Å²) in [6.45, 7) is 7.12. The van der Waals surface area contributed by atoms with Crippen molar-refractivity contribution < 1.29 is 19.4 Å². The van der Waals surface area contributed by atoms with E-state index >= 15 is 0 Å². The van der Waals surface area contributed by atoms with E-state index in [-0.39, 0.29) is 45.2 Å². The Balaban J connectivity index is 1.45. The highest BCUT2D eigenvalue weighted by atomic mass is 35.5. The van der Waals surface area contributed by atoms with Gasteiger partial charge in [0, 0.05) is 30.6 Å². The van der Waals surface area contributed by atoms with E-state index in [1.54, 1.807) is 35.0 Å². The van der Waals surface area contributed by atoms with Gasteiger partial charge < -0.3 is 25.4 Å². The number of hydrogen-bond donors (Lipinski definition) is 5. The maximum absolute atomic E-state index is 13.1. The largest absolute Gasteiger partial charge is 0.437 e. The first-order chi connectivity index (χ1) is 21.3. The molecule has 2 heterocycles. The summed E-state index contributed by atoms with van der Waals surface area (Å²) in [4.78, 5) is 35.3. The monoisotopic (exact) mass is 655 g/mol. The van der Waals surface area contributed by atoms with Crippen LogP contribution in [0.3, 0.4) is 0 Å². The maximum atomic E-state index is 13.1. The Morgan fingerprint density at radius 3 is 2.36 bits per heavy atom. The Morgan fingerprint density at radius 1 is 0.956 bits per heavy atom. The molecule has 0 fully saturated rings. The summed E-state index contributed by atoms with van der Waals surface area (Å²) in [5.41, 5.74) is 2.17. The fraction of sp³-hybridized carbons (Fsp3) is 0.300. The molecule has 0 bridgehead atoms. The number of nitrogens with zero attached hydrogens (tertiary/aromatic N) is 5. The van der Waals surface area contributed by atoms with E-state index in [0.717, 1.165) is 11.3 Å². The van der Waals surface area contributed by atoms with Gasteiger partial charge in [0.15, 0.2) is 0 Å². The normalized spacial score (nSPS) is 11.3. The van der Waals surface area contributed by atoms with Gasteiger partial charge in [-0.25, -0.2) is 24.2 Å². The average Bonchev–Trinajstić information content (AvgIpc) is 3.41. The van der Waals surface area contributed by atoms with Gasteiger partial charge in [0.1, 0.15) is 28.7 Å². The fourth-order valence-electron chi connectivity index (χ4n) is 3.88. The molecule has 5 N–H and O–H groups in total. The Hall–Kier alpha value is -4.43. The van der Waals surface area contributed by atoms with Crippen molar-refractivity contribution in [2.45, 2.75) is 32.8 Å². The van der Waals surface area contributed by atoms with Crippen LogP contribution in [0.25, 0.3) is 5.69 Å². The van der Waals surface area contributed by atoms with E-state index in [1.165, 1.54) is 24.5 Å². The minimum absolute atomic E-state index is 0.0352. The zero-order valence-corrected chi connectivity index (χ0v) is 27.0. The van der Waals surface area contributed by atoms with Crippen molar-refractivity contribution >= 4 is 52.6 Å². The molecule has 0 aliphatic rings. The number of anilines is 3. The third-order valence-electron chi connectivity index (χ3n) is 6.32. The summed E-state index contributed by atoms with van der Waals surface area (Å²) in [5, 5.41) is 25.1. The van der Waals surface area contributed by atoms with Crippen LogP contribution >= 0.6 is 23.2 Å². The number of aliphatic hydroxyl groups is 1. The molecule has 0 aliphatic heterocycles. The molecule has 0 spiro atoms. The molecule has 0 saturated carbocycles. The van der Waals surface area contributed by atoms with E-state index in [1.807, 2.05) is 39.8 Å². The summed E-state index contributed by atoms with van der Waals surface area (Å²) in [6, 6.07) is 12.5. The van der Waals surface area contributed by atoms with Crippen LogP contribution in [0.5, 0.6) is 11.6 Å². The second kappa shape index (κ2) is 14.6. The molecule has 15 heteroatoms. The van der Waals surface area contributed by atoms with Gasteiger partial charge >= 0.3 is 12.1 Å². The van der Waals surface area contributed by atoms with E-state index in [9.17, 15) is 14.7 Å². The Labute approximate surface area is 270 Å². The third kappa shape index (κ3) is 9.05. The standard InChI is InChI=1S/C30H35Cl2N9O4/c1-30(2,3)22-14-24(41(39-22)19-8-6-18(16-42)7-9-19)38-29(44)36-20-10-11-21(27(32)26(20)31)45-25-15-23(34-17-35-25)37-28(43)33-12-13-40(4)5/h6-11,14-15,17,42H,12-13,16H2,1-5H3,(H2,36,38,44)(H2,33,34,35,37,43). The highest BCUT2D eigenvalue weighted by Crippen LogP contribution is 2.39. The van der Waals surface area contributed by atoms with Crippen LogP contribution in [-0.2, 0) is 12.0 Å². The maximum Gasteiger partial charge on any atom is 0.324 e. The molecule has 4 aromatic rings. The predicted octanol–water partition coefficient (Wildman–Crippen LogP) is 5.88. The van der Waals surface area contributed by atoms with E-state index in [2.05, 4.69) is 31.2 Å². The first-order valence-corrected chi connectivity index (χ1v) is 14.7. The number of carbonyl (C=O) groups is 2. The lowest BCUT2D eigenvalue weighted by molar-refractivity contribution is 0.250. The molecule has 4 amide bonds. The van der Waals surface area contributed by atoms with Gasteiger partial charge in [-0.05, 0) is 43.9 Å². The minimum atomic E-state index is -0.578. The van der Waals surface area contributed by atoms with Crippen LogP contribution in [0, 0.1) is 0 Å². The molecular formula is C30H35Cl2N9O4. The summed E-state index contributed by atoms with van der Waals surface area (Å²) in [5.74, 6) is 0.931. The van der Waals surface area contributed by atoms with E-state index in [0.29, 0.717) is 24.6 Å². The van der Waals surface area contributed by atoms with Crippen LogP contribution in [0.2, 0.25) is 10.0 Å². The number of carbonyl (C=O) groups excluding carboxylic acids is 2. The van der Waals surface area contributed by atoms with Crippen molar-refractivity contribution in [1.82, 2.24) is 30.0 Å². The smallest absolute Gasteiger partial charge is 0.324 e. The molecule has 45 heavy (non-hydrogen) atoms. The average molecular weight is 657 g/mol. The van der Waals surface area contributed by atoms with Gasteiger partial charge in [-0.2, -0.15) is 5.10 Å². The lowest BCUT2D eigenvalue weighted by atomic mass is 9.92. The van der Waals surface area contributed by atoms with Crippen LogP contribution in [-0.4, -0.2) is 69.0 Å². The van der Waals surface area contributed by atoms with Gasteiger partial charge in [-0.15, -0.1) is 0 Å². The van der Waals surface area contributed by atoms with Crippen molar-refractivity contribution in [2.75, 3.05) is 43.1 Å². The van der Waals surface area contributed by atoms with Gasteiger partial charge in [0.05, 0.1) is 28.7 Å². The molecule has 0 atom stereocenters. The van der Waals surface area contributed by atoms with Gasteiger partial charge in [0.25, 0.3) is 0 Å². The lowest BCUT2D eigenvalue weighted by Gasteiger charge is -2.14. The van der Waals surface area contributed by atoms with Gasteiger partial charge in [-0.1, -0.05) is 56.1 Å². The zero-order chi connectivity index (χ0) is 32.7. The number of hydrogen-bond acceptors (Lipinski definition) is 8. The fourth-order valence-corrected chi connectivity index (χ4v) is 4.29. The molecule has 0 radical (unpaired) electrons. The second-order valence-electron chi connectivity index (χ2n) is 11.2. The zero-order valence-electron chi connectivity index (χ0n) is 25.5. The summed E-state index contributed by atoms with van der Waals surface area (Å²) in [7, 11) is 3.81. The van der Waals surface area contributed by atoms with E-state index in [4.69, 9.17) is 33.0 Å². The molecular weight excluding hydrogens is 621 g/mol. The number of urea groups is 2. The summed E-state index contributed by atoms with van der Waals surface area (Å²) in [6.07, 6.45) is 1.23. The molecule has 0 aliphatic carbocycles. The second-order valence-corrected chi connectivity index (χ2v) is 12.0. The molecule has 2 aromatic heterocycles. The first kappa shape index (κ1) is 33.5. The van der Waals surface area contributed by atoms with Gasteiger partial charge in [-0.3, -0.25) is 10.6 Å². The number of nitrogens with one attached hydrogen (secondary N) is 4. The highest BCUT2D eigenvalue weighted by Gasteiger charge is 2.22. The highest BCUT2D eigenvalue weighted by molar-refractivity contribution is 6.45. The van der Waals surface area contributed by atoms with Crippen LogP contribution in [0.1, 0.15) is 32.0 Å². The van der Waals surface area contributed by atoms with Crippen molar-refractivity contribution in [2.24, 2.45) is 0 Å². The SMILES string of the molecule is CN(C)CCNC(=O)Nc1cc(Oc2ccc(NC(=O)Nc3cc(C(C)(C)C)nn3-c3ccc(CO)cc3)c(Cl)c2Cl)ncn1. The van der Waals surface area contributed by atoms with Crippen molar-refractivity contribution in [3.8, 4) is 17.3 Å².